The molecule has 2 N–H and O–H groups in total. The molecule has 0 aromatic heterocycles. The second-order valence-corrected chi connectivity index (χ2v) is 10.3. The molecule has 4 rings (SSSR count). The molecule has 2 aromatic rings. The molecule has 2 fully saturated rings. The number of benzene rings is 2. The van der Waals surface area contributed by atoms with Crippen LogP contribution >= 0.6 is 0 Å². The minimum absolute atomic E-state index is 0.0501. The summed E-state index contributed by atoms with van der Waals surface area (Å²) >= 11 is 0. The van der Waals surface area contributed by atoms with Crippen molar-refractivity contribution in [2.24, 2.45) is 17.8 Å². The Morgan fingerprint density at radius 1 is 1.06 bits per heavy atom. The van der Waals surface area contributed by atoms with E-state index in [-0.39, 0.29) is 22.3 Å². The summed E-state index contributed by atoms with van der Waals surface area (Å²) in [6.45, 7) is -1.13. The van der Waals surface area contributed by atoms with Crippen LogP contribution in [-0.4, -0.2) is 27.0 Å². The average molecular weight is 465 g/mol. The van der Waals surface area contributed by atoms with Crippen LogP contribution in [0.2, 0.25) is 0 Å². The number of amides is 1. The minimum atomic E-state index is -3.70. The van der Waals surface area contributed by atoms with Crippen molar-refractivity contribution < 1.29 is 26.7 Å². The molecule has 2 aliphatic carbocycles. The van der Waals surface area contributed by atoms with E-state index >= 15 is 0 Å². The van der Waals surface area contributed by atoms with Crippen LogP contribution < -0.4 is 14.8 Å². The quantitative estimate of drug-likeness (QED) is 0.596. The molecule has 2 saturated carbocycles. The summed E-state index contributed by atoms with van der Waals surface area (Å²) < 4.78 is 58.0. The molecule has 9 heteroatoms. The molecular weight excluding hydrogens is 438 g/mol. The predicted octanol–water partition coefficient (Wildman–Crippen LogP) is 4.64. The predicted molar refractivity (Wildman–Crippen MR) is 116 cm³/mol. The topological polar surface area (TPSA) is 84.5 Å². The number of alkyl halides is 2. The van der Waals surface area contributed by atoms with Crippen molar-refractivity contribution in [1.82, 2.24) is 4.72 Å². The van der Waals surface area contributed by atoms with E-state index in [0.717, 1.165) is 12.3 Å². The monoisotopic (exact) mass is 464 g/mol. The number of carbonyl (C=O) groups is 1. The maximum Gasteiger partial charge on any atom is 0.387 e. The molecule has 2 aliphatic rings. The van der Waals surface area contributed by atoms with Gasteiger partial charge in [0, 0.05) is 11.7 Å². The minimum Gasteiger partial charge on any atom is -0.434 e. The number of sulfonamides is 1. The van der Waals surface area contributed by atoms with E-state index in [4.69, 9.17) is 0 Å². The first-order chi connectivity index (χ1) is 15.2. The van der Waals surface area contributed by atoms with Gasteiger partial charge in [0.25, 0.3) is 5.91 Å². The van der Waals surface area contributed by atoms with Crippen LogP contribution in [0.1, 0.15) is 43.0 Å². The molecular formula is C23H26F2N2O4S. The van der Waals surface area contributed by atoms with Gasteiger partial charge in [-0.15, -0.1) is 0 Å². The van der Waals surface area contributed by atoms with Gasteiger partial charge in [-0.1, -0.05) is 18.6 Å². The Morgan fingerprint density at radius 2 is 1.78 bits per heavy atom. The van der Waals surface area contributed by atoms with E-state index in [1.165, 1.54) is 67.8 Å². The van der Waals surface area contributed by atoms with Gasteiger partial charge in [0.2, 0.25) is 10.0 Å². The van der Waals surface area contributed by atoms with Crippen LogP contribution in [0.5, 0.6) is 5.75 Å². The highest BCUT2D eigenvalue weighted by molar-refractivity contribution is 7.89. The first kappa shape index (κ1) is 22.7. The Morgan fingerprint density at radius 3 is 2.41 bits per heavy atom. The van der Waals surface area contributed by atoms with Crippen LogP contribution in [-0.2, 0) is 10.0 Å². The summed E-state index contributed by atoms with van der Waals surface area (Å²) in [6.07, 6.45) is 4.72. The Bertz CT molecular complexity index is 1080. The van der Waals surface area contributed by atoms with Crippen molar-refractivity contribution in [3.05, 3.63) is 54.1 Å². The third kappa shape index (κ3) is 4.94. The Hall–Kier alpha value is -2.52. The zero-order valence-electron chi connectivity index (χ0n) is 17.6. The third-order valence-electron chi connectivity index (χ3n) is 6.55. The normalized spacial score (nSPS) is 23.3. The van der Waals surface area contributed by atoms with Gasteiger partial charge in [-0.25, -0.2) is 13.1 Å². The van der Waals surface area contributed by atoms with Crippen molar-refractivity contribution in [2.75, 3.05) is 5.32 Å². The smallest absolute Gasteiger partial charge is 0.387 e. The number of rotatable bonds is 8. The fraction of sp³-hybridized carbons (Fsp3) is 0.435. The lowest BCUT2D eigenvalue weighted by Gasteiger charge is -2.28. The first-order valence-electron chi connectivity index (χ1n) is 10.7. The zero-order valence-corrected chi connectivity index (χ0v) is 18.4. The van der Waals surface area contributed by atoms with Crippen LogP contribution in [0.4, 0.5) is 14.5 Å². The fourth-order valence-electron chi connectivity index (χ4n) is 5.08. The Kier molecular flexibility index (Phi) is 6.48. The summed E-state index contributed by atoms with van der Waals surface area (Å²) in [6, 6.07) is 11.3. The lowest BCUT2D eigenvalue weighted by molar-refractivity contribution is -0.0501. The van der Waals surface area contributed by atoms with Crippen molar-refractivity contribution in [1.29, 1.82) is 0 Å². The number of hydrogen-bond acceptors (Lipinski definition) is 4. The van der Waals surface area contributed by atoms with E-state index in [0.29, 0.717) is 17.5 Å². The van der Waals surface area contributed by atoms with Crippen molar-refractivity contribution in [3.63, 3.8) is 0 Å². The summed E-state index contributed by atoms with van der Waals surface area (Å²) in [5, 5.41) is 2.58. The standard InChI is InChI=1S/C23H26F2N2O4S/c1-14(20-13-15-6-7-16(20)12-15)27-32(29,30)18-10-8-17(9-11-18)26-22(28)19-4-2-3-5-21(19)31-23(24)25/h2-5,8-11,14-16,20,23,27H,6-7,12-13H2,1H3,(H,26,28). The van der Waals surface area contributed by atoms with Gasteiger partial charge in [-0.2, -0.15) is 8.78 Å². The average Bonchev–Trinajstić information content (AvgIpc) is 3.37. The molecule has 2 aromatic carbocycles. The fourth-order valence-corrected chi connectivity index (χ4v) is 6.37. The van der Waals surface area contributed by atoms with Gasteiger partial charge in [0.15, 0.2) is 0 Å². The third-order valence-corrected chi connectivity index (χ3v) is 8.12. The molecule has 0 saturated heterocycles. The van der Waals surface area contributed by atoms with Gasteiger partial charge >= 0.3 is 6.61 Å². The van der Waals surface area contributed by atoms with Gasteiger partial charge in [-0.3, -0.25) is 4.79 Å². The van der Waals surface area contributed by atoms with Gasteiger partial charge in [0.1, 0.15) is 5.75 Å². The van der Waals surface area contributed by atoms with E-state index in [9.17, 15) is 22.0 Å². The highest BCUT2D eigenvalue weighted by atomic mass is 32.2. The number of halogens is 2. The van der Waals surface area contributed by atoms with Crippen LogP contribution in [0.25, 0.3) is 0 Å². The van der Waals surface area contributed by atoms with E-state index in [1.54, 1.807) is 0 Å². The number of anilines is 1. The molecule has 1 amide bonds. The SMILES string of the molecule is CC(NS(=O)(=O)c1ccc(NC(=O)c2ccccc2OC(F)F)cc1)C1CC2CCC1C2. The van der Waals surface area contributed by atoms with Crippen LogP contribution in [0.3, 0.4) is 0 Å². The first-order valence-corrected chi connectivity index (χ1v) is 12.2. The number of ether oxygens (including phenoxy) is 1. The molecule has 6 nitrogen and oxygen atoms in total. The lowest BCUT2D eigenvalue weighted by Crippen LogP contribution is -2.40. The summed E-state index contributed by atoms with van der Waals surface area (Å²) in [7, 11) is -3.70. The van der Waals surface area contributed by atoms with Gasteiger partial charge in [0.05, 0.1) is 10.5 Å². The maximum atomic E-state index is 12.8. The molecule has 32 heavy (non-hydrogen) atoms. The molecule has 0 radical (unpaired) electrons. The van der Waals surface area contributed by atoms with Crippen molar-refractivity contribution in [3.8, 4) is 5.75 Å². The second kappa shape index (κ2) is 9.15. The summed E-state index contributed by atoms with van der Waals surface area (Å²) in [5.41, 5.74) is 0.285. The van der Waals surface area contributed by atoms with E-state index in [1.807, 2.05) is 6.92 Å². The number of carbonyl (C=O) groups excluding carboxylic acids is 1. The number of fused-ring (bicyclic) bond motifs is 2. The van der Waals surface area contributed by atoms with E-state index in [2.05, 4.69) is 14.8 Å². The molecule has 4 unspecified atom stereocenters. The van der Waals surface area contributed by atoms with E-state index < -0.39 is 22.5 Å². The maximum absolute atomic E-state index is 12.8. The Labute approximate surface area is 186 Å². The summed E-state index contributed by atoms with van der Waals surface area (Å²) in [5.74, 6) is 0.832. The highest BCUT2D eigenvalue weighted by Gasteiger charge is 2.42. The van der Waals surface area contributed by atoms with Crippen molar-refractivity contribution >= 4 is 21.6 Å². The molecule has 0 aliphatic heterocycles. The molecule has 172 valence electrons. The van der Waals surface area contributed by atoms with Crippen LogP contribution in [0, 0.1) is 17.8 Å². The Balaban J connectivity index is 1.41. The number of hydrogen-bond donors (Lipinski definition) is 2. The zero-order chi connectivity index (χ0) is 22.9. The number of nitrogens with one attached hydrogen (secondary N) is 2. The largest absolute Gasteiger partial charge is 0.434 e. The second-order valence-electron chi connectivity index (χ2n) is 8.60. The van der Waals surface area contributed by atoms with Crippen molar-refractivity contribution in [2.45, 2.75) is 50.2 Å². The summed E-state index contributed by atoms with van der Waals surface area (Å²) in [4.78, 5) is 12.6. The highest BCUT2D eigenvalue weighted by Crippen LogP contribution is 2.49. The molecule has 0 heterocycles. The molecule has 4 atom stereocenters. The number of para-hydroxylation sites is 1. The molecule has 2 bridgehead atoms. The van der Waals surface area contributed by atoms with Gasteiger partial charge in [-0.05, 0) is 80.3 Å². The lowest BCUT2D eigenvalue weighted by atomic mass is 9.84. The van der Waals surface area contributed by atoms with Gasteiger partial charge < -0.3 is 10.1 Å². The van der Waals surface area contributed by atoms with Crippen LogP contribution in [0.15, 0.2) is 53.4 Å². The molecule has 0 spiro atoms.